The molecule has 0 N–H and O–H groups in total. The van der Waals surface area contributed by atoms with Crippen molar-refractivity contribution in [2.24, 2.45) is 0 Å². The van der Waals surface area contributed by atoms with E-state index in [1.165, 1.54) is 12.1 Å². The molecule has 1 aliphatic rings. The van der Waals surface area contributed by atoms with E-state index in [2.05, 4.69) is 4.98 Å². The predicted octanol–water partition coefficient (Wildman–Crippen LogP) is 2.99. The van der Waals surface area contributed by atoms with Crippen molar-refractivity contribution in [1.82, 2.24) is 13.9 Å². The maximum Gasteiger partial charge on any atom is 0.261 e. The van der Waals surface area contributed by atoms with Crippen LogP contribution in [-0.4, -0.2) is 46.9 Å². The minimum atomic E-state index is -3.71. The number of halogens is 2. The Morgan fingerprint density at radius 1 is 1.00 bits per heavy atom. The lowest BCUT2D eigenvalue weighted by atomic mass is 10.1. The molecule has 144 valence electrons. The number of nitrogens with zero attached hydrogens (tertiary/aromatic N) is 3. The van der Waals surface area contributed by atoms with Crippen molar-refractivity contribution in [3.63, 3.8) is 0 Å². The molecule has 2 aromatic carbocycles. The van der Waals surface area contributed by atoms with Crippen molar-refractivity contribution in [2.75, 3.05) is 12.8 Å². The lowest BCUT2D eigenvalue weighted by Gasteiger charge is -2.14. The van der Waals surface area contributed by atoms with Crippen LogP contribution in [0.3, 0.4) is 0 Å². The highest BCUT2D eigenvalue weighted by molar-refractivity contribution is 7.89. The van der Waals surface area contributed by atoms with E-state index in [9.17, 15) is 18.0 Å². The summed E-state index contributed by atoms with van der Waals surface area (Å²) in [5.41, 5.74) is 1.32. The normalized spacial score (nSPS) is 14.2. The number of aromatic nitrogens is 2. The smallest absolute Gasteiger partial charge is 0.261 e. The minimum absolute atomic E-state index is 0.00729. The van der Waals surface area contributed by atoms with Crippen LogP contribution in [0.1, 0.15) is 26.5 Å². The van der Waals surface area contributed by atoms with Gasteiger partial charge in [0.1, 0.15) is 5.82 Å². The molecule has 0 unspecified atom stereocenters. The molecule has 4 rings (SSSR count). The summed E-state index contributed by atoms with van der Waals surface area (Å²) >= 11 is 12.0. The van der Waals surface area contributed by atoms with Gasteiger partial charge >= 0.3 is 0 Å². The van der Waals surface area contributed by atoms with Crippen LogP contribution in [0.25, 0.3) is 11.0 Å². The number of amides is 2. The Labute approximate surface area is 170 Å². The van der Waals surface area contributed by atoms with Crippen molar-refractivity contribution >= 4 is 56.1 Å². The maximum atomic E-state index is 12.5. The summed E-state index contributed by atoms with van der Waals surface area (Å²) in [6.07, 6.45) is 1.10. The predicted molar refractivity (Wildman–Crippen MR) is 106 cm³/mol. The standard InChI is InChI=1S/C18H13Cl2N3O4S/c1-28(26,27)23-15-9-13(20)12(19)8-14(15)21-16(23)6-7-22-17(24)10-4-2-3-5-11(10)18(22)25/h2-5,8-9H,6-7H2,1H3. The van der Waals surface area contributed by atoms with Crippen molar-refractivity contribution in [3.05, 3.63) is 63.4 Å². The first-order chi connectivity index (χ1) is 13.2. The summed E-state index contributed by atoms with van der Waals surface area (Å²) in [6.45, 7) is -0.00729. The zero-order valence-electron chi connectivity index (χ0n) is 14.5. The molecule has 0 atom stereocenters. The zero-order valence-corrected chi connectivity index (χ0v) is 16.8. The van der Waals surface area contributed by atoms with Crippen molar-refractivity contribution < 1.29 is 18.0 Å². The van der Waals surface area contributed by atoms with Crippen LogP contribution >= 0.6 is 23.2 Å². The minimum Gasteiger partial charge on any atom is -0.274 e. The molecular weight excluding hydrogens is 425 g/mol. The molecule has 10 heteroatoms. The highest BCUT2D eigenvalue weighted by atomic mass is 35.5. The van der Waals surface area contributed by atoms with E-state index in [4.69, 9.17) is 23.2 Å². The summed E-state index contributed by atoms with van der Waals surface area (Å²) in [4.78, 5) is 30.4. The van der Waals surface area contributed by atoms with Gasteiger partial charge in [-0.3, -0.25) is 14.5 Å². The van der Waals surface area contributed by atoms with Crippen LogP contribution in [0.5, 0.6) is 0 Å². The quantitative estimate of drug-likeness (QED) is 0.585. The molecule has 1 aliphatic heterocycles. The summed E-state index contributed by atoms with van der Waals surface area (Å²) in [5.74, 6) is -0.630. The van der Waals surface area contributed by atoms with E-state index in [-0.39, 0.29) is 34.4 Å². The van der Waals surface area contributed by atoms with Gasteiger partial charge < -0.3 is 0 Å². The van der Waals surface area contributed by atoms with Crippen molar-refractivity contribution in [3.8, 4) is 0 Å². The van der Waals surface area contributed by atoms with E-state index >= 15 is 0 Å². The Balaban J connectivity index is 1.71. The van der Waals surface area contributed by atoms with Gasteiger partial charge in [0.15, 0.2) is 0 Å². The van der Waals surface area contributed by atoms with E-state index in [1.54, 1.807) is 24.3 Å². The van der Waals surface area contributed by atoms with Crippen LogP contribution < -0.4 is 0 Å². The molecule has 0 spiro atoms. The van der Waals surface area contributed by atoms with Crippen LogP contribution in [0.15, 0.2) is 36.4 Å². The Bertz CT molecular complexity index is 1230. The molecule has 2 heterocycles. The second-order valence-electron chi connectivity index (χ2n) is 6.37. The van der Waals surface area contributed by atoms with E-state index < -0.39 is 21.8 Å². The van der Waals surface area contributed by atoms with Gasteiger partial charge in [0.2, 0.25) is 10.0 Å². The second kappa shape index (κ2) is 6.58. The molecule has 0 saturated heterocycles. The fourth-order valence-corrected chi connectivity index (χ4v) is 4.62. The number of hydrogen-bond donors (Lipinski definition) is 0. The molecule has 0 radical (unpaired) electrons. The first-order valence-corrected chi connectivity index (χ1v) is 10.8. The van der Waals surface area contributed by atoms with E-state index in [0.29, 0.717) is 16.6 Å². The number of imidazole rings is 1. The number of imide groups is 1. The number of rotatable bonds is 4. The molecule has 0 saturated carbocycles. The number of benzene rings is 2. The molecule has 0 bridgehead atoms. The monoisotopic (exact) mass is 437 g/mol. The van der Waals surface area contributed by atoms with Gasteiger partial charge in [0.25, 0.3) is 11.8 Å². The maximum absolute atomic E-state index is 12.5. The van der Waals surface area contributed by atoms with Gasteiger partial charge in [-0.25, -0.2) is 17.4 Å². The Morgan fingerprint density at radius 3 is 2.14 bits per heavy atom. The Kier molecular flexibility index (Phi) is 4.45. The number of carbonyl (C=O) groups is 2. The number of fused-ring (bicyclic) bond motifs is 2. The Morgan fingerprint density at radius 2 is 1.57 bits per heavy atom. The highest BCUT2D eigenvalue weighted by Gasteiger charge is 2.35. The molecular formula is C18H13Cl2N3O4S. The van der Waals surface area contributed by atoms with E-state index in [1.807, 2.05) is 0 Å². The zero-order chi connectivity index (χ0) is 20.2. The molecule has 7 nitrogen and oxygen atoms in total. The highest BCUT2D eigenvalue weighted by Crippen LogP contribution is 2.30. The molecule has 0 fully saturated rings. The van der Waals surface area contributed by atoms with Gasteiger partial charge in [-0.05, 0) is 24.3 Å². The lowest BCUT2D eigenvalue weighted by Crippen LogP contribution is -2.32. The first-order valence-electron chi connectivity index (χ1n) is 8.20. The van der Waals surface area contributed by atoms with Gasteiger partial charge in [-0.15, -0.1) is 0 Å². The molecule has 1 aromatic heterocycles. The summed E-state index contributed by atoms with van der Waals surface area (Å²) in [6, 6.07) is 9.45. The molecule has 28 heavy (non-hydrogen) atoms. The lowest BCUT2D eigenvalue weighted by molar-refractivity contribution is 0.0655. The van der Waals surface area contributed by atoms with Crippen LogP contribution in [-0.2, 0) is 16.4 Å². The summed E-state index contributed by atoms with van der Waals surface area (Å²) < 4.78 is 25.7. The van der Waals surface area contributed by atoms with Gasteiger partial charge in [-0.1, -0.05) is 35.3 Å². The van der Waals surface area contributed by atoms with Crippen molar-refractivity contribution in [1.29, 1.82) is 0 Å². The number of hydrogen-bond acceptors (Lipinski definition) is 5. The van der Waals surface area contributed by atoms with Crippen LogP contribution in [0, 0.1) is 0 Å². The second-order valence-corrected chi connectivity index (χ2v) is 9.01. The average molecular weight is 438 g/mol. The van der Waals surface area contributed by atoms with Gasteiger partial charge in [-0.2, -0.15) is 0 Å². The topological polar surface area (TPSA) is 89.3 Å². The first kappa shape index (κ1) is 18.9. The van der Waals surface area contributed by atoms with E-state index in [0.717, 1.165) is 15.1 Å². The third kappa shape index (κ3) is 2.97. The van der Waals surface area contributed by atoms with Crippen LogP contribution in [0.4, 0.5) is 0 Å². The molecule has 2 amide bonds. The fraction of sp³-hybridized carbons (Fsp3) is 0.167. The summed E-state index contributed by atoms with van der Waals surface area (Å²) in [5, 5.41) is 0.449. The molecule has 0 aliphatic carbocycles. The van der Waals surface area contributed by atoms with Gasteiger partial charge in [0, 0.05) is 13.0 Å². The Hall–Kier alpha value is -2.42. The third-order valence-electron chi connectivity index (χ3n) is 4.49. The third-order valence-corrected chi connectivity index (χ3v) is 6.28. The van der Waals surface area contributed by atoms with Crippen molar-refractivity contribution in [2.45, 2.75) is 6.42 Å². The van der Waals surface area contributed by atoms with Crippen LogP contribution in [0.2, 0.25) is 10.0 Å². The largest absolute Gasteiger partial charge is 0.274 e. The number of carbonyl (C=O) groups excluding carboxylic acids is 2. The average Bonchev–Trinajstić information content (AvgIpc) is 3.09. The fourth-order valence-electron chi connectivity index (χ4n) is 3.28. The molecule has 3 aromatic rings. The SMILES string of the molecule is CS(=O)(=O)n1c(CCN2C(=O)c3ccccc3C2=O)nc2cc(Cl)c(Cl)cc21. The van der Waals surface area contributed by atoms with Gasteiger partial charge in [0.05, 0.1) is 38.5 Å². The summed E-state index contributed by atoms with van der Waals surface area (Å²) in [7, 11) is -3.71.